The molecule has 0 aliphatic heterocycles. The van der Waals surface area contributed by atoms with E-state index in [1.54, 1.807) is 13.2 Å². The molecule has 0 saturated carbocycles. The van der Waals surface area contributed by atoms with Crippen LogP contribution in [0.5, 0.6) is 17.2 Å². The van der Waals surface area contributed by atoms with Crippen molar-refractivity contribution < 1.29 is 19.1 Å². The Bertz CT molecular complexity index is 1420. The van der Waals surface area contributed by atoms with Crippen molar-refractivity contribution in [1.82, 2.24) is 10.6 Å². The van der Waals surface area contributed by atoms with Crippen molar-refractivity contribution in [2.75, 3.05) is 32.1 Å². The Labute approximate surface area is 235 Å². The number of amides is 2. The van der Waals surface area contributed by atoms with Gasteiger partial charge in [0.25, 0.3) is 5.91 Å². The lowest BCUT2D eigenvalue weighted by atomic mass is 9.97. The lowest BCUT2D eigenvalue weighted by Gasteiger charge is -2.19. The summed E-state index contributed by atoms with van der Waals surface area (Å²) in [6.45, 7) is 5.07. The van der Waals surface area contributed by atoms with Crippen molar-refractivity contribution in [3.63, 3.8) is 0 Å². The van der Waals surface area contributed by atoms with E-state index in [9.17, 15) is 9.59 Å². The van der Waals surface area contributed by atoms with E-state index in [2.05, 4.69) is 16.0 Å². The van der Waals surface area contributed by atoms with E-state index < -0.39 is 5.92 Å². The molecule has 1 atom stereocenters. The highest BCUT2D eigenvalue weighted by Crippen LogP contribution is 2.25. The highest BCUT2D eigenvalue weighted by atomic mass is 16.5. The van der Waals surface area contributed by atoms with Crippen molar-refractivity contribution in [3.8, 4) is 17.2 Å². The fourth-order valence-corrected chi connectivity index (χ4v) is 4.25. The molecule has 0 radical (unpaired) electrons. The Morgan fingerprint density at radius 2 is 1.40 bits per heavy atom. The molecule has 4 aromatic carbocycles. The minimum Gasteiger partial charge on any atom is -0.497 e. The molecular weight excluding hydrogens is 502 g/mol. The Morgan fingerprint density at radius 3 is 2.08 bits per heavy atom. The summed E-state index contributed by atoms with van der Waals surface area (Å²) in [6, 6.07) is 30.2. The largest absolute Gasteiger partial charge is 0.497 e. The number of rotatable bonds is 12. The van der Waals surface area contributed by atoms with Gasteiger partial charge in [-0.1, -0.05) is 42.0 Å². The third kappa shape index (κ3) is 8.11. The van der Waals surface area contributed by atoms with Gasteiger partial charge in [-0.05, 0) is 85.6 Å². The molecule has 0 aliphatic carbocycles. The van der Waals surface area contributed by atoms with Gasteiger partial charge in [0.15, 0.2) is 0 Å². The number of nitrogens with one attached hydrogen (secondary N) is 3. The first-order valence-corrected chi connectivity index (χ1v) is 13.3. The smallest absolute Gasteiger partial charge is 0.251 e. The highest BCUT2D eigenvalue weighted by Gasteiger charge is 2.22. The summed E-state index contributed by atoms with van der Waals surface area (Å²) in [6.07, 6.45) is 0. The van der Waals surface area contributed by atoms with Crippen LogP contribution in [0.15, 0.2) is 97.1 Å². The van der Waals surface area contributed by atoms with Crippen molar-refractivity contribution in [2.24, 2.45) is 0 Å². The number of benzene rings is 4. The maximum Gasteiger partial charge on any atom is 0.251 e. The molecule has 0 heterocycles. The van der Waals surface area contributed by atoms with Crippen molar-refractivity contribution in [1.29, 1.82) is 0 Å². The van der Waals surface area contributed by atoms with Gasteiger partial charge in [-0.2, -0.15) is 0 Å². The van der Waals surface area contributed by atoms with Gasteiger partial charge in [-0.15, -0.1) is 0 Å². The van der Waals surface area contributed by atoms with Crippen LogP contribution < -0.4 is 25.4 Å². The Hall–Kier alpha value is -4.78. The van der Waals surface area contributed by atoms with Gasteiger partial charge in [0.2, 0.25) is 5.91 Å². The number of hydrogen-bond donors (Lipinski definition) is 3. The van der Waals surface area contributed by atoms with Gasteiger partial charge < -0.3 is 25.4 Å². The van der Waals surface area contributed by atoms with Gasteiger partial charge in [0, 0.05) is 30.9 Å². The van der Waals surface area contributed by atoms with E-state index in [1.165, 1.54) is 0 Å². The summed E-state index contributed by atoms with van der Waals surface area (Å²) in [7, 11) is 1.63. The van der Waals surface area contributed by atoms with Crippen LogP contribution in [0.4, 0.5) is 5.69 Å². The number of ether oxygens (including phenoxy) is 2. The lowest BCUT2D eigenvalue weighted by Crippen LogP contribution is -2.39. The fourth-order valence-electron chi connectivity index (χ4n) is 4.25. The minimum absolute atomic E-state index is 0.155. The zero-order valence-electron chi connectivity index (χ0n) is 23.1. The zero-order valence-corrected chi connectivity index (χ0v) is 23.1. The molecule has 7 nitrogen and oxygen atoms in total. The van der Waals surface area contributed by atoms with Crippen molar-refractivity contribution in [2.45, 2.75) is 19.8 Å². The van der Waals surface area contributed by atoms with Crippen LogP contribution in [0.2, 0.25) is 0 Å². The predicted octanol–water partition coefficient (Wildman–Crippen LogP) is 5.85. The molecule has 4 aromatic rings. The minimum atomic E-state index is -0.581. The molecule has 1 unspecified atom stereocenters. The van der Waals surface area contributed by atoms with Gasteiger partial charge >= 0.3 is 0 Å². The third-order valence-corrected chi connectivity index (χ3v) is 6.41. The zero-order chi connectivity index (χ0) is 28.3. The second-order valence-electron chi connectivity index (χ2n) is 9.57. The van der Waals surface area contributed by atoms with Crippen LogP contribution in [-0.2, 0) is 4.79 Å². The van der Waals surface area contributed by atoms with E-state index in [0.29, 0.717) is 24.4 Å². The van der Waals surface area contributed by atoms with E-state index in [-0.39, 0.29) is 18.4 Å². The predicted molar refractivity (Wildman–Crippen MR) is 158 cm³/mol. The van der Waals surface area contributed by atoms with Crippen molar-refractivity contribution >= 4 is 17.5 Å². The molecule has 0 aromatic heterocycles. The van der Waals surface area contributed by atoms with E-state index >= 15 is 0 Å². The van der Waals surface area contributed by atoms with Crippen LogP contribution in [0.25, 0.3) is 0 Å². The number of aryl methyl sites for hydroxylation is 2. The number of anilines is 1. The summed E-state index contributed by atoms with van der Waals surface area (Å²) in [5.41, 5.74) is 4.37. The van der Waals surface area contributed by atoms with Gasteiger partial charge in [-0.3, -0.25) is 9.59 Å². The van der Waals surface area contributed by atoms with Crippen LogP contribution in [-0.4, -0.2) is 38.6 Å². The normalized spacial score (nSPS) is 11.3. The number of methoxy groups -OCH3 is 1. The fraction of sp³-hybridized carbons (Fsp3) is 0.212. The molecule has 206 valence electrons. The number of carbonyl (C=O) groups excluding carboxylic acids is 2. The summed E-state index contributed by atoms with van der Waals surface area (Å²) < 4.78 is 11.2. The molecule has 40 heavy (non-hydrogen) atoms. The van der Waals surface area contributed by atoms with Crippen LogP contribution >= 0.6 is 0 Å². The first-order valence-electron chi connectivity index (χ1n) is 13.3. The van der Waals surface area contributed by atoms with Gasteiger partial charge in [-0.25, -0.2) is 0 Å². The molecule has 0 spiro atoms. The molecule has 2 amide bonds. The van der Waals surface area contributed by atoms with E-state index in [1.807, 2.05) is 105 Å². The van der Waals surface area contributed by atoms with Gasteiger partial charge in [0.05, 0.1) is 13.0 Å². The van der Waals surface area contributed by atoms with Crippen LogP contribution in [0.3, 0.4) is 0 Å². The Kier molecular flexibility index (Phi) is 9.77. The van der Waals surface area contributed by atoms with Crippen LogP contribution in [0.1, 0.15) is 33.0 Å². The maximum atomic E-state index is 13.3. The molecular formula is C33H35N3O4. The molecule has 0 fully saturated rings. The SMILES string of the molecule is COc1ccc(NCCNC(=O)C(CNC(=O)c2cccc(C)c2)c2ccc(Oc3cccc(C)c3)cc2)cc1. The average Bonchev–Trinajstić information content (AvgIpc) is 2.96. The van der Waals surface area contributed by atoms with Gasteiger partial charge in [0.1, 0.15) is 17.2 Å². The molecule has 0 aliphatic rings. The quantitative estimate of drug-likeness (QED) is 0.198. The monoisotopic (exact) mass is 537 g/mol. The molecule has 0 bridgehead atoms. The second kappa shape index (κ2) is 13.8. The molecule has 4 rings (SSSR count). The first-order chi connectivity index (χ1) is 19.4. The number of carbonyl (C=O) groups is 2. The summed E-state index contributed by atoms with van der Waals surface area (Å²) in [5.74, 6) is 1.22. The van der Waals surface area contributed by atoms with E-state index in [4.69, 9.17) is 9.47 Å². The average molecular weight is 538 g/mol. The van der Waals surface area contributed by atoms with Crippen LogP contribution in [0, 0.1) is 13.8 Å². The Morgan fingerprint density at radius 1 is 0.725 bits per heavy atom. The molecule has 3 N–H and O–H groups in total. The molecule has 0 saturated heterocycles. The number of hydrogen-bond acceptors (Lipinski definition) is 5. The molecule has 7 heteroatoms. The summed E-state index contributed by atoms with van der Waals surface area (Å²) in [4.78, 5) is 26.1. The lowest BCUT2D eigenvalue weighted by molar-refractivity contribution is -0.122. The Balaban J connectivity index is 1.41. The van der Waals surface area contributed by atoms with E-state index in [0.717, 1.165) is 33.9 Å². The summed E-state index contributed by atoms with van der Waals surface area (Å²) in [5, 5.41) is 9.22. The second-order valence-corrected chi connectivity index (χ2v) is 9.57. The highest BCUT2D eigenvalue weighted by molar-refractivity contribution is 5.95. The summed E-state index contributed by atoms with van der Waals surface area (Å²) >= 11 is 0. The third-order valence-electron chi connectivity index (χ3n) is 6.41. The topological polar surface area (TPSA) is 88.7 Å². The first kappa shape index (κ1) is 28.2. The standard InChI is InChI=1S/C33H35N3O4/c1-23-6-4-8-26(20-23)32(37)36-22-31(33(38)35-19-18-34-27-12-16-28(39-3)17-13-27)25-10-14-29(15-11-25)40-30-9-5-7-24(2)21-30/h4-17,20-21,31,34H,18-19,22H2,1-3H3,(H,35,38)(H,36,37). The maximum absolute atomic E-state index is 13.3. The van der Waals surface area contributed by atoms with Crippen molar-refractivity contribution in [3.05, 3.63) is 119 Å².